The zero-order valence-electron chi connectivity index (χ0n) is 11.8. The van der Waals surface area contributed by atoms with Crippen LogP contribution in [0.1, 0.15) is 12.5 Å². The molecule has 1 heterocycles. The molecule has 1 atom stereocenters. The molecule has 0 fully saturated rings. The highest BCUT2D eigenvalue weighted by molar-refractivity contribution is 5.59. The molecule has 1 aromatic carbocycles. The van der Waals surface area contributed by atoms with E-state index in [2.05, 4.69) is 60.4 Å². The maximum absolute atomic E-state index is 3.51. The number of fused-ring (bicyclic) bond motifs is 1. The number of likely N-dealkylation sites (N-methyl/N-ethyl adjacent to an activating group) is 1. The van der Waals surface area contributed by atoms with Gasteiger partial charge in [0.2, 0.25) is 0 Å². The van der Waals surface area contributed by atoms with Gasteiger partial charge in [0, 0.05) is 37.9 Å². The fourth-order valence-corrected chi connectivity index (χ4v) is 2.60. The summed E-state index contributed by atoms with van der Waals surface area (Å²) in [6.07, 6.45) is 1.19. The highest BCUT2D eigenvalue weighted by atomic mass is 15.2. The van der Waals surface area contributed by atoms with Gasteiger partial charge in [0.05, 0.1) is 0 Å². The lowest BCUT2D eigenvalue weighted by atomic mass is 10.1. The van der Waals surface area contributed by atoms with Gasteiger partial charge in [0.1, 0.15) is 0 Å². The van der Waals surface area contributed by atoms with E-state index in [4.69, 9.17) is 0 Å². The normalized spacial score (nSPS) is 18.4. The van der Waals surface area contributed by atoms with E-state index in [9.17, 15) is 0 Å². The zero-order valence-corrected chi connectivity index (χ0v) is 11.8. The van der Waals surface area contributed by atoms with Gasteiger partial charge in [-0.2, -0.15) is 0 Å². The molecule has 1 unspecified atom stereocenters. The number of para-hydroxylation sites is 1. The second-order valence-electron chi connectivity index (χ2n) is 5.43. The van der Waals surface area contributed by atoms with Gasteiger partial charge in [0.25, 0.3) is 0 Å². The predicted octanol–water partition coefficient (Wildman–Crippen LogP) is 1.59. The Hall–Kier alpha value is -1.06. The van der Waals surface area contributed by atoms with Crippen molar-refractivity contribution < 1.29 is 0 Å². The number of nitrogens with one attached hydrogen (secondary N) is 1. The molecule has 2 rings (SSSR count). The maximum Gasteiger partial charge on any atom is 0.0402 e. The largest absolute Gasteiger partial charge is 0.367 e. The van der Waals surface area contributed by atoms with E-state index >= 15 is 0 Å². The van der Waals surface area contributed by atoms with E-state index in [1.165, 1.54) is 17.7 Å². The van der Waals surface area contributed by atoms with E-state index in [1.807, 2.05) is 0 Å². The van der Waals surface area contributed by atoms with E-state index in [0.717, 1.165) is 26.2 Å². The molecule has 0 aromatic heterocycles. The van der Waals surface area contributed by atoms with Crippen molar-refractivity contribution in [3.8, 4) is 0 Å². The van der Waals surface area contributed by atoms with Crippen molar-refractivity contribution >= 4 is 5.69 Å². The minimum atomic E-state index is 0.637. The van der Waals surface area contributed by atoms with Crippen LogP contribution in [0.3, 0.4) is 0 Å². The molecule has 1 aliphatic rings. The third-order valence-corrected chi connectivity index (χ3v) is 3.61. The Kier molecular flexibility index (Phi) is 4.61. The van der Waals surface area contributed by atoms with Crippen LogP contribution < -0.4 is 10.2 Å². The minimum Gasteiger partial charge on any atom is -0.367 e. The van der Waals surface area contributed by atoms with Crippen molar-refractivity contribution in [3.63, 3.8) is 0 Å². The van der Waals surface area contributed by atoms with Crippen molar-refractivity contribution in [1.29, 1.82) is 0 Å². The Bertz CT molecular complexity index is 376. The molecule has 0 bridgehead atoms. The monoisotopic (exact) mass is 247 g/mol. The highest BCUT2D eigenvalue weighted by Crippen LogP contribution is 2.30. The average Bonchev–Trinajstić information content (AvgIpc) is 2.65. The quantitative estimate of drug-likeness (QED) is 0.770. The first-order valence-corrected chi connectivity index (χ1v) is 6.88. The summed E-state index contributed by atoms with van der Waals surface area (Å²) < 4.78 is 0. The third-order valence-electron chi connectivity index (χ3n) is 3.61. The van der Waals surface area contributed by atoms with Crippen LogP contribution in [0.25, 0.3) is 0 Å². The van der Waals surface area contributed by atoms with Crippen molar-refractivity contribution in [1.82, 2.24) is 10.2 Å². The number of anilines is 1. The second-order valence-corrected chi connectivity index (χ2v) is 5.43. The number of nitrogens with zero attached hydrogens (tertiary/aromatic N) is 2. The molecule has 1 aliphatic heterocycles. The molecule has 100 valence electrons. The Morgan fingerprint density at radius 2 is 2.06 bits per heavy atom. The summed E-state index contributed by atoms with van der Waals surface area (Å²) >= 11 is 0. The summed E-state index contributed by atoms with van der Waals surface area (Å²) in [5.74, 6) is 0. The van der Waals surface area contributed by atoms with Crippen LogP contribution in [-0.2, 0) is 6.42 Å². The van der Waals surface area contributed by atoms with Crippen LogP contribution in [-0.4, -0.2) is 51.2 Å². The first-order chi connectivity index (χ1) is 8.68. The van der Waals surface area contributed by atoms with Gasteiger partial charge in [-0.15, -0.1) is 0 Å². The molecule has 1 N–H and O–H groups in total. The second kappa shape index (κ2) is 6.21. The minimum absolute atomic E-state index is 0.637. The third kappa shape index (κ3) is 3.24. The lowest BCUT2D eigenvalue weighted by Crippen LogP contribution is -2.37. The SMILES string of the molecule is CC1Cc2ccccc2N1CCNCCN(C)C. The molecule has 0 saturated heterocycles. The summed E-state index contributed by atoms with van der Waals surface area (Å²) in [5, 5.41) is 3.51. The molecular weight excluding hydrogens is 222 g/mol. The standard InChI is InChI=1S/C15H25N3/c1-13-12-14-6-4-5-7-15(14)18(13)11-9-16-8-10-17(2)3/h4-7,13,16H,8-12H2,1-3H3. The van der Waals surface area contributed by atoms with Crippen LogP contribution in [0.4, 0.5) is 5.69 Å². The topological polar surface area (TPSA) is 18.5 Å². The first kappa shape index (κ1) is 13.4. The van der Waals surface area contributed by atoms with Crippen LogP contribution in [0, 0.1) is 0 Å². The Labute approximate surface area is 111 Å². The Balaban J connectivity index is 1.79. The van der Waals surface area contributed by atoms with E-state index in [0.29, 0.717) is 6.04 Å². The molecule has 3 nitrogen and oxygen atoms in total. The van der Waals surface area contributed by atoms with Crippen molar-refractivity contribution in [2.75, 3.05) is 45.2 Å². The molecule has 3 heteroatoms. The van der Waals surface area contributed by atoms with Gasteiger partial charge in [-0.3, -0.25) is 0 Å². The average molecular weight is 247 g/mol. The Morgan fingerprint density at radius 3 is 2.83 bits per heavy atom. The summed E-state index contributed by atoms with van der Waals surface area (Å²) in [7, 11) is 4.22. The molecule has 1 aromatic rings. The van der Waals surface area contributed by atoms with Crippen LogP contribution in [0.2, 0.25) is 0 Å². The Morgan fingerprint density at radius 1 is 1.28 bits per heavy atom. The summed E-state index contributed by atoms with van der Waals surface area (Å²) in [4.78, 5) is 4.73. The zero-order chi connectivity index (χ0) is 13.0. The highest BCUT2D eigenvalue weighted by Gasteiger charge is 2.24. The van der Waals surface area contributed by atoms with Gasteiger partial charge in [-0.25, -0.2) is 0 Å². The number of hydrogen-bond acceptors (Lipinski definition) is 3. The molecule has 18 heavy (non-hydrogen) atoms. The summed E-state index contributed by atoms with van der Waals surface area (Å²) in [6.45, 7) is 6.65. The van der Waals surface area contributed by atoms with Crippen LogP contribution in [0.5, 0.6) is 0 Å². The molecule has 0 spiro atoms. The fourth-order valence-electron chi connectivity index (χ4n) is 2.60. The van der Waals surface area contributed by atoms with Crippen LogP contribution in [0.15, 0.2) is 24.3 Å². The van der Waals surface area contributed by atoms with E-state index in [1.54, 1.807) is 0 Å². The maximum atomic E-state index is 3.51. The van der Waals surface area contributed by atoms with Crippen molar-refractivity contribution in [2.24, 2.45) is 0 Å². The van der Waals surface area contributed by atoms with Gasteiger partial charge < -0.3 is 15.1 Å². The van der Waals surface area contributed by atoms with Gasteiger partial charge in [-0.05, 0) is 39.1 Å². The van der Waals surface area contributed by atoms with Gasteiger partial charge in [0.15, 0.2) is 0 Å². The predicted molar refractivity (Wildman–Crippen MR) is 78.4 cm³/mol. The summed E-state index contributed by atoms with van der Waals surface area (Å²) in [5.41, 5.74) is 2.93. The smallest absolute Gasteiger partial charge is 0.0402 e. The lowest BCUT2D eigenvalue weighted by Gasteiger charge is -2.25. The first-order valence-electron chi connectivity index (χ1n) is 6.88. The number of benzene rings is 1. The van der Waals surface area contributed by atoms with Gasteiger partial charge >= 0.3 is 0 Å². The van der Waals surface area contributed by atoms with Crippen LogP contribution >= 0.6 is 0 Å². The molecule has 0 saturated carbocycles. The molecular formula is C15H25N3. The van der Waals surface area contributed by atoms with Crippen molar-refractivity contribution in [3.05, 3.63) is 29.8 Å². The molecule has 0 aliphatic carbocycles. The molecule has 0 radical (unpaired) electrons. The fraction of sp³-hybridized carbons (Fsp3) is 0.600. The van der Waals surface area contributed by atoms with E-state index in [-0.39, 0.29) is 0 Å². The molecule has 0 amide bonds. The van der Waals surface area contributed by atoms with Crippen molar-refractivity contribution in [2.45, 2.75) is 19.4 Å². The van der Waals surface area contributed by atoms with E-state index < -0.39 is 0 Å². The lowest BCUT2D eigenvalue weighted by molar-refractivity contribution is 0.400. The number of hydrogen-bond donors (Lipinski definition) is 1. The summed E-state index contributed by atoms with van der Waals surface area (Å²) in [6, 6.07) is 9.43. The number of rotatable bonds is 6. The van der Waals surface area contributed by atoms with Gasteiger partial charge in [-0.1, -0.05) is 18.2 Å².